The van der Waals surface area contributed by atoms with E-state index in [1.807, 2.05) is 10.3 Å². The molecular formula is C13H21Cl2N3OS. The number of rotatable bonds is 4. The molecule has 1 aliphatic carbocycles. The number of hydrogen-bond donors (Lipinski definition) is 1. The molecule has 1 aliphatic heterocycles. The normalized spacial score (nSPS) is 19.1. The van der Waals surface area contributed by atoms with Crippen molar-refractivity contribution in [2.24, 2.45) is 5.92 Å². The van der Waals surface area contributed by atoms with Crippen molar-refractivity contribution in [3.05, 3.63) is 16.6 Å². The molecule has 0 bridgehead atoms. The zero-order chi connectivity index (χ0) is 12.4. The van der Waals surface area contributed by atoms with Crippen molar-refractivity contribution in [3.8, 4) is 0 Å². The van der Waals surface area contributed by atoms with E-state index in [0.29, 0.717) is 11.7 Å². The van der Waals surface area contributed by atoms with E-state index in [9.17, 15) is 4.79 Å². The van der Waals surface area contributed by atoms with Crippen LogP contribution in [0.1, 0.15) is 36.2 Å². The Morgan fingerprint density at radius 3 is 2.55 bits per heavy atom. The second-order valence-corrected chi connectivity index (χ2v) is 6.01. The smallest absolute Gasteiger partial charge is 0.273 e. The number of nitrogens with zero attached hydrogens (tertiary/aromatic N) is 2. The Balaban J connectivity index is 0.000001000. The number of likely N-dealkylation sites (tertiary alicyclic amines) is 1. The SMILES string of the molecule is Cl.Cl.O=C(c1cscn1)N1CCC(NCC2CC2)CC1. The van der Waals surface area contributed by atoms with Gasteiger partial charge in [0, 0.05) is 24.5 Å². The summed E-state index contributed by atoms with van der Waals surface area (Å²) in [6, 6.07) is 0.602. The first kappa shape index (κ1) is 17.7. The second-order valence-electron chi connectivity index (χ2n) is 5.29. The molecular weight excluding hydrogens is 317 g/mol. The minimum absolute atomic E-state index is 0. The van der Waals surface area contributed by atoms with Crippen LogP contribution in [0.3, 0.4) is 0 Å². The van der Waals surface area contributed by atoms with Gasteiger partial charge in [-0.05, 0) is 38.1 Å². The van der Waals surface area contributed by atoms with Crippen molar-refractivity contribution < 1.29 is 4.79 Å². The summed E-state index contributed by atoms with van der Waals surface area (Å²) in [6.07, 6.45) is 4.94. The van der Waals surface area contributed by atoms with Gasteiger partial charge in [-0.3, -0.25) is 4.79 Å². The van der Waals surface area contributed by atoms with Gasteiger partial charge in [0.1, 0.15) is 5.69 Å². The van der Waals surface area contributed by atoms with Crippen LogP contribution in [-0.2, 0) is 0 Å². The Morgan fingerprint density at radius 1 is 1.30 bits per heavy atom. The molecule has 20 heavy (non-hydrogen) atoms. The van der Waals surface area contributed by atoms with Crippen molar-refractivity contribution in [1.82, 2.24) is 15.2 Å². The van der Waals surface area contributed by atoms with Gasteiger partial charge in [0.05, 0.1) is 5.51 Å². The highest BCUT2D eigenvalue weighted by Gasteiger charge is 2.26. The van der Waals surface area contributed by atoms with Crippen molar-refractivity contribution in [1.29, 1.82) is 0 Å². The van der Waals surface area contributed by atoms with E-state index in [1.54, 1.807) is 5.51 Å². The summed E-state index contributed by atoms with van der Waals surface area (Å²) in [5, 5.41) is 5.46. The fraction of sp³-hybridized carbons (Fsp3) is 0.692. The van der Waals surface area contributed by atoms with E-state index in [2.05, 4.69) is 10.3 Å². The summed E-state index contributed by atoms with van der Waals surface area (Å²) in [7, 11) is 0. The maximum absolute atomic E-state index is 12.1. The number of carbonyl (C=O) groups is 1. The predicted octanol–water partition coefficient (Wildman–Crippen LogP) is 2.59. The van der Waals surface area contributed by atoms with Crippen LogP contribution in [0.5, 0.6) is 0 Å². The summed E-state index contributed by atoms with van der Waals surface area (Å²) in [4.78, 5) is 18.1. The van der Waals surface area contributed by atoms with Crippen LogP contribution >= 0.6 is 36.2 Å². The Morgan fingerprint density at radius 2 is 2.00 bits per heavy atom. The Kier molecular flexibility index (Phi) is 7.23. The third-order valence-corrected chi connectivity index (χ3v) is 4.41. The summed E-state index contributed by atoms with van der Waals surface area (Å²) in [5.41, 5.74) is 2.32. The van der Waals surface area contributed by atoms with E-state index in [-0.39, 0.29) is 30.7 Å². The number of thiazole rings is 1. The molecule has 7 heteroatoms. The Labute approximate surface area is 136 Å². The summed E-state index contributed by atoms with van der Waals surface area (Å²) >= 11 is 1.48. The molecule has 0 atom stereocenters. The minimum atomic E-state index is 0. The molecule has 3 rings (SSSR count). The highest BCUT2D eigenvalue weighted by atomic mass is 35.5. The van der Waals surface area contributed by atoms with Gasteiger partial charge in [-0.1, -0.05) is 0 Å². The van der Waals surface area contributed by atoms with Crippen LogP contribution in [-0.4, -0.2) is 41.5 Å². The van der Waals surface area contributed by atoms with E-state index in [0.717, 1.165) is 31.8 Å². The second kappa shape index (κ2) is 8.17. The van der Waals surface area contributed by atoms with Crippen LogP contribution in [0.25, 0.3) is 0 Å². The van der Waals surface area contributed by atoms with Gasteiger partial charge < -0.3 is 10.2 Å². The topological polar surface area (TPSA) is 45.2 Å². The van der Waals surface area contributed by atoms with Gasteiger partial charge in [0.15, 0.2) is 0 Å². The monoisotopic (exact) mass is 337 g/mol. The standard InChI is InChI=1S/C13H19N3OS.2ClH/c17-13(12-8-18-9-15-12)16-5-3-11(4-6-16)14-7-10-1-2-10;;/h8-11,14H,1-7H2;2*1H. The van der Waals surface area contributed by atoms with E-state index in [1.165, 1.54) is 30.7 Å². The first-order valence-corrected chi connectivity index (χ1v) is 7.68. The van der Waals surface area contributed by atoms with Crippen molar-refractivity contribution in [2.75, 3.05) is 19.6 Å². The molecule has 1 amide bonds. The molecule has 0 spiro atoms. The molecule has 0 aromatic carbocycles. The van der Waals surface area contributed by atoms with Gasteiger partial charge in [0.2, 0.25) is 0 Å². The lowest BCUT2D eigenvalue weighted by Crippen LogP contribution is -2.45. The largest absolute Gasteiger partial charge is 0.337 e. The molecule has 0 radical (unpaired) electrons. The zero-order valence-corrected chi connectivity index (χ0v) is 13.7. The minimum Gasteiger partial charge on any atom is -0.337 e. The molecule has 1 aromatic rings. The number of carbonyl (C=O) groups excluding carboxylic acids is 1. The number of halogens is 2. The lowest BCUT2D eigenvalue weighted by atomic mass is 10.0. The van der Waals surface area contributed by atoms with Crippen LogP contribution in [0.2, 0.25) is 0 Å². The molecule has 1 N–H and O–H groups in total. The number of aromatic nitrogens is 1. The van der Waals surface area contributed by atoms with Gasteiger partial charge in [-0.15, -0.1) is 36.2 Å². The average molecular weight is 338 g/mol. The van der Waals surface area contributed by atoms with E-state index in [4.69, 9.17) is 0 Å². The van der Waals surface area contributed by atoms with Gasteiger partial charge in [-0.2, -0.15) is 0 Å². The predicted molar refractivity (Wildman–Crippen MR) is 86.3 cm³/mol. The lowest BCUT2D eigenvalue weighted by molar-refractivity contribution is 0.0700. The summed E-state index contributed by atoms with van der Waals surface area (Å²) < 4.78 is 0. The van der Waals surface area contributed by atoms with Gasteiger partial charge >= 0.3 is 0 Å². The molecule has 1 saturated heterocycles. The zero-order valence-electron chi connectivity index (χ0n) is 11.3. The number of hydrogen-bond acceptors (Lipinski definition) is 4. The van der Waals surface area contributed by atoms with Crippen LogP contribution < -0.4 is 5.32 Å². The van der Waals surface area contributed by atoms with E-state index >= 15 is 0 Å². The van der Waals surface area contributed by atoms with Crippen molar-refractivity contribution in [2.45, 2.75) is 31.7 Å². The maximum Gasteiger partial charge on any atom is 0.273 e. The fourth-order valence-electron chi connectivity index (χ4n) is 2.42. The lowest BCUT2D eigenvalue weighted by Gasteiger charge is -2.32. The first-order chi connectivity index (χ1) is 8.83. The number of piperidine rings is 1. The summed E-state index contributed by atoms with van der Waals surface area (Å²) in [5.74, 6) is 1.02. The molecule has 2 fully saturated rings. The van der Waals surface area contributed by atoms with Crippen LogP contribution in [0.4, 0.5) is 0 Å². The van der Waals surface area contributed by atoms with Crippen molar-refractivity contribution >= 4 is 42.1 Å². The highest BCUT2D eigenvalue weighted by molar-refractivity contribution is 7.07. The average Bonchev–Trinajstić information content (AvgIpc) is 3.08. The molecule has 1 aromatic heterocycles. The van der Waals surface area contributed by atoms with Crippen LogP contribution in [0, 0.1) is 5.92 Å². The molecule has 2 heterocycles. The van der Waals surface area contributed by atoms with Gasteiger partial charge in [-0.25, -0.2) is 4.98 Å². The third kappa shape index (κ3) is 4.58. The molecule has 0 unspecified atom stereocenters. The maximum atomic E-state index is 12.1. The Bertz CT molecular complexity index is 404. The third-order valence-electron chi connectivity index (χ3n) is 3.83. The number of amides is 1. The number of nitrogens with one attached hydrogen (secondary N) is 1. The molecule has 1 saturated carbocycles. The summed E-state index contributed by atoms with van der Waals surface area (Å²) in [6.45, 7) is 2.89. The quantitative estimate of drug-likeness (QED) is 0.918. The Hall–Kier alpha value is -0.360. The van der Waals surface area contributed by atoms with E-state index < -0.39 is 0 Å². The molecule has 114 valence electrons. The molecule has 4 nitrogen and oxygen atoms in total. The highest BCUT2D eigenvalue weighted by Crippen LogP contribution is 2.28. The van der Waals surface area contributed by atoms with Gasteiger partial charge in [0.25, 0.3) is 5.91 Å². The van der Waals surface area contributed by atoms with Crippen LogP contribution in [0.15, 0.2) is 10.9 Å². The fourth-order valence-corrected chi connectivity index (χ4v) is 2.95. The van der Waals surface area contributed by atoms with Crippen molar-refractivity contribution in [3.63, 3.8) is 0 Å². The first-order valence-electron chi connectivity index (χ1n) is 6.74. The molecule has 2 aliphatic rings.